The van der Waals surface area contributed by atoms with Crippen molar-refractivity contribution in [2.45, 2.75) is 31.7 Å². The Morgan fingerprint density at radius 2 is 2.07 bits per heavy atom. The third kappa shape index (κ3) is 2.12. The van der Waals surface area contributed by atoms with Crippen LogP contribution in [0.1, 0.15) is 13.8 Å². The predicted molar refractivity (Wildman–Crippen MR) is 54.1 cm³/mol. The number of nitrogens with zero attached hydrogens (tertiary/aromatic N) is 2. The number of hydrogen-bond acceptors (Lipinski definition) is 2. The fraction of sp³-hybridized carbons (Fsp3) is 0.900. The first-order valence-corrected chi connectivity index (χ1v) is 5.08. The Hall–Kier alpha value is -0.710. The monoisotopic (exact) mass is 220 g/mol. The predicted octanol–water partition coefficient (Wildman–Crippen LogP) is 0.845. The van der Waals surface area contributed by atoms with Crippen molar-refractivity contribution in [1.82, 2.24) is 9.80 Å². The van der Waals surface area contributed by atoms with Crippen molar-refractivity contribution in [3.05, 3.63) is 0 Å². The van der Waals surface area contributed by atoms with Gasteiger partial charge in [-0.2, -0.15) is 0 Å². The molecule has 15 heavy (non-hydrogen) atoms. The minimum atomic E-state index is -2.37. The van der Waals surface area contributed by atoms with Crippen LogP contribution in [0.15, 0.2) is 0 Å². The Labute approximate surface area is 89.0 Å². The molecule has 0 aromatic heterocycles. The summed E-state index contributed by atoms with van der Waals surface area (Å²) in [5.41, 5.74) is -2.37. The van der Waals surface area contributed by atoms with Gasteiger partial charge >= 0.3 is 0 Å². The molecule has 2 atom stereocenters. The Kier molecular flexibility index (Phi) is 3.33. The van der Waals surface area contributed by atoms with E-state index in [9.17, 15) is 13.6 Å². The maximum atomic E-state index is 14.2. The Balaban J connectivity index is 2.82. The number of halogens is 2. The van der Waals surface area contributed by atoms with Gasteiger partial charge in [-0.3, -0.25) is 9.69 Å². The molecule has 0 bridgehead atoms. The zero-order valence-electron chi connectivity index (χ0n) is 9.63. The lowest BCUT2D eigenvalue weighted by atomic mass is 10.0. The second kappa shape index (κ2) is 4.04. The van der Waals surface area contributed by atoms with Crippen molar-refractivity contribution in [2.75, 3.05) is 27.2 Å². The molecule has 88 valence electrons. The topological polar surface area (TPSA) is 23.6 Å². The van der Waals surface area contributed by atoms with Gasteiger partial charge in [-0.25, -0.2) is 8.78 Å². The lowest BCUT2D eigenvalue weighted by molar-refractivity contribution is -0.143. The first-order valence-electron chi connectivity index (χ1n) is 5.08. The average Bonchev–Trinajstić information content (AvgIpc) is 2.43. The second-order valence-electron chi connectivity index (χ2n) is 4.55. The van der Waals surface area contributed by atoms with Gasteiger partial charge in [0.1, 0.15) is 0 Å². The van der Waals surface area contributed by atoms with Gasteiger partial charge < -0.3 is 4.90 Å². The summed E-state index contributed by atoms with van der Waals surface area (Å²) in [6.45, 7) is 3.56. The minimum Gasteiger partial charge on any atom is -0.346 e. The molecule has 0 radical (unpaired) electrons. The van der Waals surface area contributed by atoms with Crippen LogP contribution in [0.4, 0.5) is 8.78 Å². The quantitative estimate of drug-likeness (QED) is 0.688. The van der Waals surface area contributed by atoms with Gasteiger partial charge in [0.2, 0.25) is 5.67 Å². The van der Waals surface area contributed by atoms with E-state index in [-0.39, 0.29) is 19.1 Å². The summed E-state index contributed by atoms with van der Waals surface area (Å²) < 4.78 is 27.7. The molecule has 0 aliphatic carbocycles. The van der Waals surface area contributed by atoms with Crippen LogP contribution in [0.3, 0.4) is 0 Å². The molecule has 1 aliphatic rings. The highest BCUT2D eigenvalue weighted by Gasteiger charge is 2.54. The number of amides is 1. The summed E-state index contributed by atoms with van der Waals surface area (Å²) in [6.07, 6.45) is -1.73. The first-order chi connectivity index (χ1) is 6.79. The van der Waals surface area contributed by atoms with Gasteiger partial charge in [0.15, 0.2) is 6.17 Å². The Bertz CT molecular complexity index is 258. The van der Waals surface area contributed by atoms with E-state index in [1.165, 1.54) is 14.1 Å². The molecule has 2 unspecified atom stereocenters. The molecule has 1 amide bonds. The molecule has 3 nitrogen and oxygen atoms in total. The largest absolute Gasteiger partial charge is 0.346 e. The van der Waals surface area contributed by atoms with Gasteiger partial charge in [-0.05, 0) is 13.8 Å². The smallest absolute Gasteiger partial charge is 0.264 e. The molecule has 1 saturated heterocycles. The van der Waals surface area contributed by atoms with E-state index in [1.54, 1.807) is 4.90 Å². The van der Waals surface area contributed by atoms with Crippen LogP contribution in [0.5, 0.6) is 0 Å². The number of hydrogen-bond donors (Lipinski definition) is 0. The lowest BCUT2D eigenvalue weighted by Crippen LogP contribution is -2.49. The fourth-order valence-electron chi connectivity index (χ4n) is 1.78. The summed E-state index contributed by atoms with van der Waals surface area (Å²) in [4.78, 5) is 14.3. The summed E-state index contributed by atoms with van der Waals surface area (Å²) in [7, 11) is 2.88. The molecule has 0 N–H and O–H groups in total. The molecule has 0 saturated carbocycles. The molecule has 0 spiro atoms. The zero-order chi connectivity index (χ0) is 11.8. The molecular formula is C10H18F2N2O. The van der Waals surface area contributed by atoms with E-state index in [0.717, 1.165) is 4.90 Å². The van der Waals surface area contributed by atoms with Crippen LogP contribution >= 0.6 is 0 Å². The minimum absolute atomic E-state index is 0.00620. The van der Waals surface area contributed by atoms with Crippen LogP contribution in [0, 0.1) is 0 Å². The normalized spacial score (nSPS) is 32.3. The van der Waals surface area contributed by atoms with Gasteiger partial charge in [0, 0.05) is 33.2 Å². The Morgan fingerprint density at radius 1 is 1.53 bits per heavy atom. The molecular weight excluding hydrogens is 202 g/mol. The maximum absolute atomic E-state index is 14.2. The van der Waals surface area contributed by atoms with Gasteiger partial charge in [0.05, 0.1) is 0 Å². The van der Waals surface area contributed by atoms with E-state index in [0.29, 0.717) is 0 Å². The number of alkyl halides is 2. The van der Waals surface area contributed by atoms with Gasteiger partial charge in [-0.1, -0.05) is 0 Å². The van der Waals surface area contributed by atoms with Crippen molar-refractivity contribution in [3.8, 4) is 0 Å². The molecule has 1 fully saturated rings. The van der Waals surface area contributed by atoms with E-state index in [4.69, 9.17) is 0 Å². The van der Waals surface area contributed by atoms with Gasteiger partial charge in [-0.15, -0.1) is 0 Å². The first kappa shape index (κ1) is 12.4. The van der Waals surface area contributed by atoms with Crippen molar-refractivity contribution in [2.24, 2.45) is 0 Å². The molecule has 0 aromatic rings. The fourth-order valence-corrected chi connectivity index (χ4v) is 1.78. The zero-order valence-corrected chi connectivity index (χ0v) is 9.63. The summed E-state index contributed by atoms with van der Waals surface area (Å²) in [5, 5.41) is 0. The summed E-state index contributed by atoms with van der Waals surface area (Å²) in [6, 6.07) is 0.0517. The van der Waals surface area contributed by atoms with Crippen molar-refractivity contribution in [3.63, 3.8) is 0 Å². The average molecular weight is 220 g/mol. The van der Waals surface area contributed by atoms with Crippen LogP contribution in [0.25, 0.3) is 0 Å². The SMILES string of the molecule is CC(C)N1CC(F)C(F)(C(=O)N(C)C)C1. The number of carbonyl (C=O) groups excluding carboxylic acids is 1. The maximum Gasteiger partial charge on any atom is 0.264 e. The lowest BCUT2D eigenvalue weighted by Gasteiger charge is -2.25. The highest BCUT2D eigenvalue weighted by molar-refractivity contribution is 5.86. The molecule has 1 heterocycles. The van der Waals surface area contributed by atoms with Crippen LogP contribution in [0.2, 0.25) is 0 Å². The van der Waals surface area contributed by atoms with Gasteiger partial charge in [0.25, 0.3) is 5.91 Å². The van der Waals surface area contributed by atoms with Crippen molar-refractivity contribution >= 4 is 5.91 Å². The van der Waals surface area contributed by atoms with Crippen molar-refractivity contribution < 1.29 is 13.6 Å². The molecule has 1 aliphatic heterocycles. The number of carbonyl (C=O) groups is 1. The summed E-state index contributed by atoms with van der Waals surface area (Å²) >= 11 is 0. The van der Waals surface area contributed by atoms with E-state index in [1.807, 2.05) is 13.8 Å². The highest BCUT2D eigenvalue weighted by Crippen LogP contribution is 2.31. The second-order valence-corrected chi connectivity index (χ2v) is 4.55. The van der Waals surface area contributed by atoms with Crippen LogP contribution in [-0.4, -0.2) is 60.8 Å². The van der Waals surface area contributed by atoms with Crippen molar-refractivity contribution in [1.29, 1.82) is 0 Å². The highest BCUT2D eigenvalue weighted by atomic mass is 19.2. The van der Waals surface area contributed by atoms with E-state index >= 15 is 0 Å². The molecule has 5 heteroatoms. The number of rotatable bonds is 2. The standard InChI is InChI=1S/C10H18F2N2O/c1-7(2)14-5-8(11)10(12,6-14)9(15)13(3)4/h7-8H,5-6H2,1-4H3. The molecule has 0 aromatic carbocycles. The number of likely N-dealkylation sites (tertiary alicyclic amines) is 1. The Morgan fingerprint density at radius 3 is 2.40 bits per heavy atom. The van der Waals surface area contributed by atoms with Crippen LogP contribution < -0.4 is 0 Å². The molecule has 1 rings (SSSR count). The summed E-state index contributed by atoms with van der Waals surface area (Å²) in [5.74, 6) is -0.779. The van der Waals surface area contributed by atoms with Crippen LogP contribution in [-0.2, 0) is 4.79 Å². The van der Waals surface area contributed by atoms with E-state index in [2.05, 4.69) is 0 Å². The van der Waals surface area contributed by atoms with E-state index < -0.39 is 17.7 Å². The third-order valence-corrected chi connectivity index (χ3v) is 2.82. The third-order valence-electron chi connectivity index (χ3n) is 2.82.